The van der Waals surface area contributed by atoms with Crippen molar-refractivity contribution in [2.45, 2.75) is 38.7 Å². The van der Waals surface area contributed by atoms with Gasteiger partial charge in [-0.2, -0.15) is 5.26 Å². The van der Waals surface area contributed by atoms with Crippen molar-refractivity contribution in [1.82, 2.24) is 4.90 Å². The monoisotopic (exact) mass is 332 g/mol. The number of rotatable bonds is 2. The van der Waals surface area contributed by atoms with Crippen LogP contribution in [0.25, 0.3) is 0 Å². The summed E-state index contributed by atoms with van der Waals surface area (Å²) in [6.45, 7) is 5.77. The van der Waals surface area contributed by atoms with Crippen LogP contribution >= 0.6 is 0 Å². The molecule has 3 rings (SSSR count). The molecule has 1 heterocycles. The zero-order chi connectivity index (χ0) is 17.7. The van der Waals surface area contributed by atoms with Gasteiger partial charge in [0.1, 0.15) is 23.2 Å². The molecule has 0 radical (unpaired) electrons. The number of piperidine rings is 1. The molecule has 5 heteroatoms. The van der Waals surface area contributed by atoms with Gasteiger partial charge >= 0.3 is 0 Å². The van der Waals surface area contributed by atoms with Crippen LogP contribution in [-0.2, 0) is 12.0 Å². The topological polar surface area (TPSA) is 56.5 Å². The molecule has 1 unspecified atom stereocenters. The Morgan fingerprint density at radius 2 is 2.00 bits per heavy atom. The Balaban J connectivity index is 2.22. The maximum absolute atomic E-state index is 14.6. The molecule has 1 N–H and O–H groups in total. The molecule has 1 aromatic rings. The number of halogens is 1. The number of hydrogen-bond donors (Lipinski definition) is 1. The Bertz CT molecular complexity index is 702. The lowest BCUT2D eigenvalue weighted by molar-refractivity contribution is -0.122. The fraction of sp³-hybridized carbons (Fsp3) is 0.632. The Morgan fingerprint density at radius 3 is 2.54 bits per heavy atom. The minimum atomic E-state index is -1.19. The minimum Gasteiger partial charge on any atom is -0.495 e. The van der Waals surface area contributed by atoms with E-state index in [-0.39, 0.29) is 11.5 Å². The van der Waals surface area contributed by atoms with E-state index in [9.17, 15) is 14.8 Å². The first kappa shape index (κ1) is 17.2. The van der Waals surface area contributed by atoms with Crippen molar-refractivity contribution in [3.8, 4) is 11.8 Å². The lowest BCUT2D eigenvalue weighted by Crippen LogP contribution is -2.49. The molecule has 0 saturated carbocycles. The molecule has 1 aliphatic heterocycles. The van der Waals surface area contributed by atoms with Gasteiger partial charge in [-0.15, -0.1) is 0 Å². The van der Waals surface area contributed by atoms with Gasteiger partial charge in [0.15, 0.2) is 0 Å². The molecule has 4 nitrogen and oxygen atoms in total. The number of likely N-dealkylation sites (tertiary alicyclic amines) is 1. The third-order valence-electron chi connectivity index (χ3n) is 6.00. The van der Waals surface area contributed by atoms with Gasteiger partial charge in [-0.25, -0.2) is 4.39 Å². The van der Waals surface area contributed by atoms with E-state index in [4.69, 9.17) is 4.74 Å². The smallest absolute Gasteiger partial charge is 0.143 e. The number of methoxy groups -OCH3 is 1. The Morgan fingerprint density at radius 1 is 1.38 bits per heavy atom. The van der Waals surface area contributed by atoms with Gasteiger partial charge in [0.05, 0.1) is 12.7 Å². The number of aliphatic hydroxyl groups is 1. The molecule has 1 aliphatic carbocycles. The second-order valence-electron chi connectivity index (χ2n) is 7.81. The molecular weight excluding hydrogens is 307 g/mol. The number of hydrogen-bond acceptors (Lipinski definition) is 4. The predicted molar refractivity (Wildman–Crippen MR) is 89.3 cm³/mol. The van der Waals surface area contributed by atoms with Gasteiger partial charge in [-0.3, -0.25) is 0 Å². The van der Waals surface area contributed by atoms with Gasteiger partial charge in [0.25, 0.3) is 0 Å². The molecule has 1 saturated heterocycles. The summed E-state index contributed by atoms with van der Waals surface area (Å²) < 4.78 is 20.1. The predicted octanol–water partition coefficient (Wildman–Crippen LogP) is 2.82. The highest BCUT2D eigenvalue weighted by atomic mass is 19.1. The summed E-state index contributed by atoms with van der Waals surface area (Å²) in [4.78, 5) is 2.24. The molecule has 0 aromatic heterocycles. The first-order valence-corrected chi connectivity index (χ1v) is 8.47. The number of ether oxygens (including phenoxy) is 1. The number of nitriles is 1. The van der Waals surface area contributed by atoms with Crippen molar-refractivity contribution in [2.75, 3.05) is 27.2 Å². The Hall–Kier alpha value is -1.64. The largest absolute Gasteiger partial charge is 0.495 e. The van der Waals surface area contributed by atoms with E-state index in [2.05, 4.69) is 11.9 Å². The van der Waals surface area contributed by atoms with Crippen LogP contribution in [0.2, 0.25) is 0 Å². The summed E-state index contributed by atoms with van der Waals surface area (Å²) in [5.41, 5.74) is -0.558. The summed E-state index contributed by atoms with van der Waals surface area (Å²) >= 11 is 0. The zero-order valence-electron chi connectivity index (χ0n) is 14.8. The summed E-state index contributed by atoms with van der Waals surface area (Å²) in [5.74, 6) is -0.0626. The van der Waals surface area contributed by atoms with E-state index in [1.807, 2.05) is 19.9 Å². The normalized spacial score (nSPS) is 26.9. The molecular formula is C19H25FN2O2. The Labute approximate surface area is 142 Å². The fourth-order valence-electron chi connectivity index (χ4n) is 4.64. The van der Waals surface area contributed by atoms with Crippen LogP contribution in [0.5, 0.6) is 5.75 Å². The number of benzene rings is 1. The van der Waals surface area contributed by atoms with Crippen molar-refractivity contribution in [1.29, 1.82) is 5.26 Å². The second-order valence-corrected chi connectivity index (χ2v) is 7.81. The van der Waals surface area contributed by atoms with Crippen molar-refractivity contribution < 1.29 is 14.2 Å². The third-order valence-corrected chi connectivity index (χ3v) is 6.00. The van der Waals surface area contributed by atoms with Gasteiger partial charge in [0.2, 0.25) is 0 Å². The van der Waals surface area contributed by atoms with Crippen LogP contribution in [0.4, 0.5) is 4.39 Å². The fourth-order valence-corrected chi connectivity index (χ4v) is 4.64. The summed E-state index contributed by atoms with van der Waals surface area (Å²) in [6, 6.07) is 3.24. The lowest BCUT2D eigenvalue weighted by atomic mass is 9.65. The quantitative estimate of drug-likeness (QED) is 0.905. The van der Waals surface area contributed by atoms with Gasteiger partial charge in [0, 0.05) is 11.0 Å². The van der Waals surface area contributed by atoms with Crippen LogP contribution < -0.4 is 4.74 Å². The SMILES string of the molecule is COc1c(C#N)cc(F)c2c1C(O)(C1CCN(C)CC1)C(C)(C)C2. The van der Waals surface area contributed by atoms with Crippen molar-refractivity contribution in [3.63, 3.8) is 0 Å². The highest BCUT2D eigenvalue weighted by Gasteiger charge is 2.58. The van der Waals surface area contributed by atoms with Crippen molar-refractivity contribution >= 4 is 0 Å². The molecule has 130 valence electrons. The molecule has 0 amide bonds. The van der Waals surface area contributed by atoms with E-state index in [0.717, 1.165) is 25.9 Å². The Kier molecular flexibility index (Phi) is 4.09. The molecule has 1 aromatic carbocycles. The maximum atomic E-state index is 14.6. The van der Waals surface area contributed by atoms with Crippen LogP contribution in [0.1, 0.15) is 43.4 Å². The van der Waals surface area contributed by atoms with Crippen LogP contribution in [0.15, 0.2) is 6.07 Å². The average Bonchev–Trinajstić information content (AvgIpc) is 2.76. The molecule has 0 bridgehead atoms. The van der Waals surface area contributed by atoms with Crippen molar-refractivity contribution in [3.05, 3.63) is 28.6 Å². The first-order valence-electron chi connectivity index (χ1n) is 8.47. The third kappa shape index (κ3) is 2.24. The summed E-state index contributed by atoms with van der Waals surface area (Å²) in [6.07, 6.45) is 2.13. The maximum Gasteiger partial charge on any atom is 0.143 e. The van der Waals surface area contributed by atoms with Gasteiger partial charge in [-0.05, 0) is 56.9 Å². The van der Waals surface area contributed by atoms with E-state index in [1.165, 1.54) is 13.2 Å². The zero-order valence-corrected chi connectivity index (χ0v) is 14.8. The summed E-state index contributed by atoms with van der Waals surface area (Å²) in [5, 5.41) is 21.2. The molecule has 2 aliphatic rings. The van der Waals surface area contributed by atoms with Crippen LogP contribution in [0, 0.1) is 28.5 Å². The van der Waals surface area contributed by atoms with Crippen molar-refractivity contribution in [2.24, 2.45) is 11.3 Å². The van der Waals surface area contributed by atoms with Crippen LogP contribution in [0.3, 0.4) is 0 Å². The number of fused-ring (bicyclic) bond motifs is 1. The average molecular weight is 332 g/mol. The number of nitrogens with zero attached hydrogens (tertiary/aromatic N) is 2. The highest BCUT2D eigenvalue weighted by molar-refractivity contribution is 5.58. The molecule has 0 spiro atoms. The van der Waals surface area contributed by atoms with E-state index in [0.29, 0.717) is 23.3 Å². The minimum absolute atomic E-state index is 0.0205. The van der Waals surface area contributed by atoms with E-state index < -0.39 is 16.8 Å². The molecule has 24 heavy (non-hydrogen) atoms. The van der Waals surface area contributed by atoms with Gasteiger partial charge < -0.3 is 14.7 Å². The van der Waals surface area contributed by atoms with Gasteiger partial charge in [-0.1, -0.05) is 13.8 Å². The lowest BCUT2D eigenvalue weighted by Gasteiger charge is -2.46. The molecule has 1 atom stereocenters. The summed E-state index contributed by atoms with van der Waals surface area (Å²) in [7, 11) is 3.55. The van der Waals surface area contributed by atoms with E-state index >= 15 is 0 Å². The second kappa shape index (κ2) is 5.72. The first-order chi connectivity index (χ1) is 11.3. The van der Waals surface area contributed by atoms with Crippen LogP contribution in [-0.4, -0.2) is 37.3 Å². The standard InChI is InChI=1S/C19H25FN2O2/c1-18(2)10-14-15(20)9-12(11-21)17(24-4)16(14)19(18,23)13-5-7-22(3)8-6-13/h9,13,23H,5-8,10H2,1-4H3. The van der Waals surface area contributed by atoms with E-state index in [1.54, 1.807) is 0 Å². The highest BCUT2D eigenvalue weighted by Crippen LogP contribution is 2.59. The molecule has 1 fully saturated rings.